The van der Waals surface area contributed by atoms with E-state index in [4.69, 9.17) is 0 Å². The van der Waals surface area contributed by atoms with Crippen LogP contribution < -0.4 is 5.32 Å². The minimum Gasteiger partial charge on any atom is -0.352 e. The zero-order valence-electron chi connectivity index (χ0n) is 13.7. The molecule has 21 heavy (non-hydrogen) atoms. The molecule has 0 aromatic rings. The van der Waals surface area contributed by atoms with Gasteiger partial charge in [0.25, 0.3) is 0 Å². The number of carbonyl (C=O) groups excluding carboxylic acids is 1. The Morgan fingerprint density at radius 1 is 1.05 bits per heavy atom. The van der Waals surface area contributed by atoms with Gasteiger partial charge in [0, 0.05) is 38.3 Å². The fourth-order valence-corrected chi connectivity index (χ4v) is 3.97. The number of nitrogens with zero attached hydrogens (tertiary/aromatic N) is 2. The van der Waals surface area contributed by atoms with Gasteiger partial charge < -0.3 is 5.32 Å². The summed E-state index contributed by atoms with van der Waals surface area (Å²) in [5.41, 5.74) is 0. The molecule has 0 unspecified atom stereocenters. The van der Waals surface area contributed by atoms with Gasteiger partial charge in [-0.15, -0.1) is 0 Å². The minimum atomic E-state index is 0.237. The molecule has 1 amide bonds. The number of carbonyl (C=O) groups is 1. The molecule has 4 heteroatoms. The summed E-state index contributed by atoms with van der Waals surface area (Å²) in [4.78, 5) is 17.2. The van der Waals surface area contributed by atoms with E-state index in [-0.39, 0.29) is 5.91 Å². The van der Waals surface area contributed by atoms with E-state index in [9.17, 15) is 4.79 Å². The standard InChI is InChI=1S/C17H31N3O/c1-13-4-3-5-16(14(13)2)18-17(21)12-19-8-10-20(11-9-19)15-6-7-15/h13-16H,3-12H2,1-2H3,(H,18,21)/t13-,14+,16-/m1/s1. The highest BCUT2D eigenvalue weighted by Gasteiger charge is 2.32. The normalized spacial score (nSPS) is 35.6. The number of nitrogens with one attached hydrogen (secondary N) is 1. The topological polar surface area (TPSA) is 35.6 Å². The Balaban J connectivity index is 1.39. The maximum absolute atomic E-state index is 12.3. The molecular weight excluding hydrogens is 262 g/mol. The van der Waals surface area contributed by atoms with Gasteiger partial charge in [-0.1, -0.05) is 26.7 Å². The van der Waals surface area contributed by atoms with Crippen molar-refractivity contribution in [2.24, 2.45) is 11.8 Å². The van der Waals surface area contributed by atoms with Gasteiger partial charge in [-0.25, -0.2) is 0 Å². The van der Waals surface area contributed by atoms with Crippen LogP contribution in [0.25, 0.3) is 0 Å². The molecule has 0 aromatic carbocycles. The summed E-state index contributed by atoms with van der Waals surface area (Å²) in [5, 5.41) is 3.30. The zero-order chi connectivity index (χ0) is 14.8. The van der Waals surface area contributed by atoms with Crippen molar-refractivity contribution in [1.29, 1.82) is 0 Å². The lowest BCUT2D eigenvalue weighted by Gasteiger charge is -2.37. The summed E-state index contributed by atoms with van der Waals surface area (Å²) in [5.74, 6) is 1.60. The average Bonchev–Trinajstić information content (AvgIpc) is 3.29. The van der Waals surface area contributed by atoms with Crippen molar-refractivity contribution in [3.05, 3.63) is 0 Å². The Labute approximate surface area is 129 Å². The average molecular weight is 293 g/mol. The molecule has 1 N–H and O–H groups in total. The lowest BCUT2D eigenvalue weighted by molar-refractivity contribution is -0.124. The Morgan fingerprint density at radius 2 is 1.76 bits per heavy atom. The summed E-state index contributed by atoms with van der Waals surface area (Å²) < 4.78 is 0. The van der Waals surface area contributed by atoms with Gasteiger partial charge in [-0.3, -0.25) is 14.6 Å². The fourth-order valence-electron chi connectivity index (χ4n) is 3.97. The largest absolute Gasteiger partial charge is 0.352 e. The summed E-state index contributed by atoms with van der Waals surface area (Å²) >= 11 is 0. The van der Waals surface area contributed by atoms with Crippen LogP contribution in [0.4, 0.5) is 0 Å². The molecular formula is C17H31N3O. The van der Waals surface area contributed by atoms with Gasteiger partial charge in [0.1, 0.15) is 0 Å². The molecule has 1 aliphatic heterocycles. The van der Waals surface area contributed by atoms with Crippen LogP contribution in [0.5, 0.6) is 0 Å². The molecule has 3 fully saturated rings. The third kappa shape index (κ3) is 3.98. The Kier molecular flexibility index (Phi) is 4.85. The van der Waals surface area contributed by atoms with Crippen LogP contribution in [0, 0.1) is 11.8 Å². The molecule has 3 aliphatic rings. The highest BCUT2D eigenvalue weighted by molar-refractivity contribution is 5.78. The summed E-state index contributed by atoms with van der Waals surface area (Å²) in [6, 6.07) is 1.26. The lowest BCUT2D eigenvalue weighted by Crippen LogP contribution is -2.52. The Morgan fingerprint density at radius 3 is 2.43 bits per heavy atom. The number of rotatable bonds is 4. The smallest absolute Gasteiger partial charge is 0.234 e. The molecule has 4 nitrogen and oxygen atoms in total. The van der Waals surface area contributed by atoms with E-state index in [0.717, 1.165) is 44.6 Å². The Hall–Kier alpha value is -0.610. The highest BCUT2D eigenvalue weighted by atomic mass is 16.2. The molecule has 0 radical (unpaired) electrons. The molecule has 0 bridgehead atoms. The molecule has 0 spiro atoms. The molecule has 0 aromatic heterocycles. The third-order valence-electron chi connectivity index (χ3n) is 5.89. The number of hydrogen-bond acceptors (Lipinski definition) is 3. The van der Waals surface area contributed by atoms with E-state index in [1.165, 1.54) is 25.7 Å². The van der Waals surface area contributed by atoms with E-state index >= 15 is 0 Å². The van der Waals surface area contributed by atoms with Crippen LogP contribution in [0.15, 0.2) is 0 Å². The summed E-state index contributed by atoms with van der Waals surface area (Å²) in [6.07, 6.45) is 6.51. The van der Waals surface area contributed by atoms with Crippen LogP contribution in [-0.2, 0) is 4.79 Å². The van der Waals surface area contributed by atoms with Crippen molar-refractivity contribution in [2.75, 3.05) is 32.7 Å². The fraction of sp³-hybridized carbons (Fsp3) is 0.941. The molecule has 2 aliphatic carbocycles. The van der Waals surface area contributed by atoms with Crippen molar-refractivity contribution >= 4 is 5.91 Å². The molecule has 3 rings (SSSR count). The minimum absolute atomic E-state index is 0.237. The molecule has 3 atom stereocenters. The van der Waals surface area contributed by atoms with Crippen molar-refractivity contribution in [2.45, 2.75) is 58.0 Å². The van der Waals surface area contributed by atoms with Gasteiger partial charge >= 0.3 is 0 Å². The zero-order valence-corrected chi connectivity index (χ0v) is 13.7. The first kappa shape index (κ1) is 15.3. The highest BCUT2D eigenvalue weighted by Crippen LogP contribution is 2.29. The maximum Gasteiger partial charge on any atom is 0.234 e. The SMILES string of the molecule is C[C@H]1[C@H](C)CCC[C@H]1NC(=O)CN1CCN(C2CC2)CC1. The lowest BCUT2D eigenvalue weighted by atomic mass is 9.78. The summed E-state index contributed by atoms with van der Waals surface area (Å²) in [7, 11) is 0. The van der Waals surface area contributed by atoms with Crippen molar-refractivity contribution in [3.8, 4) is 0 Å². The summed E-state index contributed by atoms with van der Waals surface area (Å²) in [6.45, 7) is 9.62. The van der Waals surface area contributed by atoms with Crippen molar-refractivity contribution in [1.82, 2.24) is 15.1 Å². The van der Waals surface area contributed by atoms with Gasteiger partial charge in [-0.05, 0) is 31.1 Å². The van der Waals surface area contributed by atoms with Gasteiger partial charge in [0.2, 0.25) is 5.91 Å². The predicted octanol–water partition coefficient (Wildman–Crippen LogP) is 1.71. The van der Waals surface area contributed by atoms with E-state index in [0.29, 0.717) is 18.5 Å². The van der Waals surface area contributed by atoms with Crippen LogP contribution in [0.3, 0.4) is 0 Å². The number of hydrogen-bond donors (Lipinski definition) is 1. The van der Waals surface area contributed by atoms with Crippen molar-refractivity contribution in [3.63, 3.8) is 0 Å². The van der Waals surface area contributed by atoms with E-state index in [1.807, 2.05) is 0 Å². The van der Waals surface area contributed by atoms with Gasteiger partial charge in [-0.2, -0.15) is 0 Å². The second-order valence-corrected chi connectivity index (χ2v) is 7.48. The molecule has 1 saturated heterocycles. The second kappa shape index (κ2) is 6.66. The van der Waals surface area contributed by atoms with Crippen LogP contribution in [0.1, 0.15) is 46.0 Å². The maximum atomic E-state index is 12.3. The predicted molar refractivity (Wildman–Crippen MR) is 85.1 cm³/mol. The first-order valence-electron chi connectivity index (χ1n) is 8.89. The quantitative estimate of drug-likeness (QED) is 0.857. The van der Waals surface area contributed by atoms with E-state index in [1.54, 1.807) is 0 Å². The number of piperazine rings is 1. The van der Waals surface area contributed by atoms with Crippen LogP contribution in [-0.4, -0.2) is 60.5 Å². The third-order valence-corrected chi connectivity index (χ3v) is 5.89. The van der Waals surface area contributed by atoms with Crippen LogP contribution >= 0.6 is 0 Å². The van der Waals surface area contributed by atoms with E-state index < -0.39 is 0 Å². The monoisotopic (exact) mass is 293 g/mol. The van der Waals surface area contributed by atoms with Gasteiger partial charge in [0.05, 0.1) is 6.54 Å². The second-order valence-electron chi connectivity index (χ2n) is 7.48. The van der Waals surface area contributed by atoms with E-state index in [2.05, 4.69) is 29.0 Å². The molecule has 120 valence electrons. The Bertz CT molecular complexity index is 361. The van der Waals surface area contributed by atoms with Crippen molar-refractivity contribution < 1.29 is 4.79 Å². The number of amides is 1. The molecule has 1 heterocycles. The molecule has 2 saturated carbocycles. The van der Waals surface area contributed by atoms with Crippen LogP contribution in [0.2, 0.25) is 0 Å². The van der Waals surface area contributed by atoms with Gasteiger partial charge in [0.15, 0.2) is 0 Å². The first-order valence-corrected chi connectivity index (χ1v) is 8.89. The first-order chi connectivity index (χ1) is 10.1.